The fourth-order valence-corrected chi connectivity index (χ4v) is 2.45. The predicted octanol–water partition coefficient (Wildman–Crippen LogP) is 3.29. The molecule has 2 aromatic heterocycles. The van der Waals surface area contributed by atoms with Crippen molar-refractivity contribution < 1.29 is 9.47 Å². The molecule has 9 heteroatoms. The van der Waals surface area contributed by atoms with Crippen molar-refractivity contribution in [2.75, 3.05) is 24.9 Å². The second kappa shape index (κ2) is 8.30. The fraction of sp³-hybridized carbons (Fsp3) is 0.176. The van der Waals surface area contributed by atoms with Crippen molar-refractivity contribution in [2.24, 2.45) is 0 Å². The molecule has 0 amide bonds. The molecule has 0 aliphatic heterocycles. The van der Waals surface area contributed by atoms with Crippen molar-refractivity contribution >= 4 is 29.1 Å². The number of rotatable bonds is 7. The molecule has 0 aliphatic rings. The summed E-state index contributed by atoms with van der Waals surface area (Å²) in [6.45, 7) is 0.561. The maximum atomic E-state index is 6.12. The lowest BCUT2D eigenvalue weighted by Crippen LogP contribution is -2.06. The number of methoxy groups -OCH3 is 2. The van der Waals surface area contributed by atoms with E-state index in [-0.39, 0.29) is 0 Å². The van der Waals surface area contributed by atoms with Gasteiger partial charge in [0.25, 0.3) is 0 Å². The van der Waals surface area contributed by atoms with Crippen LogP contribution in [-0.2, 0) is 6.54 Å². The molecule has 26 heavy (non-hydrogen) atoms. The largest absolute Gasteiger partial charge is 0.495 e. The van der Waals surface area contributed by atoms with Gasteiger partial charge in [-0.2, -0.15) is 10.1 Å². The molecular weight excluding hydrogens is 356 g/mol. The molecular formula is C17H17ClN6O2. The van der Waals surface area contributed by atoms with E-state index >= 15 is 0 Å². The van der Waals surface area contributed by atoms with Crippen LogP contribution in [0.1, 0.15) is 5.56 Å². The van der Waals surface area contributed by atoms with Gasteiger partial charge >= 0.3 is 0 Å². The van der Waals surface area contributed by atoms with Gasteiger partial charge in [-0.1, -0.05) is 11.6 Å². The van der Waals surface area contributed by atoms with E-state index in [0.29, 0.717) is 40.5 Å². The summed E-state index contributed by atoms with van der Waals surface area (Å²) in [4.78, 5) is 8.38. The van der Waals surface area contributed by atoms with E-state index in [4.69, 9.17) is 21.1 Å². The number of anilines is 3. The van der Waals surface area contributed by atoms with Crippen LogP contribution >= 0.6 is 11.6 Å². The molecule has 3 rings (SSSR count). The van der Waals surface area contributed by atoms with Crippen molar-refractivity contribution in [1.82, 2.24) is 20.2 Å². The van der Waals surface area contributed by atoms with Crippen LogP contribution in [0.3, 0.4) is 0 Å². The summed E-state index contributed by atoms with van der Waals surface area (Å²) < 4.78 is 10.6. The third kappa shape index (κ3) is 4.28. The Morgan fingerprint density at radius 3 is 2.58 bits per heavy atom. The van der Waals surface area contributed by atoms with Crippen molar-refractivity contribution in [3.63, 3.8) is 0 Å². The molecule has 0 aliphatic carbocycles. The molecule has 0 saturated carbocycles. The molecule has 134 valence electrons. The van der Waals surface area contributed by atoms with Gasteiger partial charge in [0.05, 0.1) is 31.1 Å². The zero-order valence-corrected chi connectivity index (χ0v) is 15.0. The van der Waals surface area contributed by atoms with E-state index in [9.17, 15) is 0 Å². The van der Waals surface area contributed by atoms with Crippen LogP contribution in [0.5, 0.6) is 11.5 Å². The first-order valence-corrected chi connectivity index (χ1v) is 8.08. The van der Waals surface area contributed by atoms with Crippen LogP contribution in [0.25, 0.3) is 0 Å². The maximum absolute atomic E-state index is 6.12. The van der Waals surface area contributed by atoms with Gasteiger partial charge in [-0.3, -0.25) is 4.98 Å². The van der Waals surface area contributed by atoms with Crippen LogP contribution in [0.2, 0.25) is 5.02 Å². The normalized spacial score (nSPS) is 10.3. The van der Waals surface area contributed by atoms with Crippen LogP contribution < -0.4 is 20.1 Å². The fourth-order valence-electron chi connectivity index (χ4n) is 2.22. The van der Waals surface area contributed by atoms with Gasteiger partial charge in [0.2, 0.25) is 5.95 Å². The van der Waals surface area contributed by atoms with Gasteiger partial charge in [0.1, 0.15) is 11.5 Å². The van der Waals surface area contributed by atoms with Crippen LogP contribution in [0.4, 0.5) is 17.5 Å². The Hall–Kier alpha value is -3.13. The summed E-state index contributed by atoms with van der Waals surface area (Å²) in [7, 11) is 3.11. The second-order valence-corrected chi connectivity index (χ2v) is 5.59. The standard InChI is InChI=1S/C17H17ClN6O2/c1-25-14-8-13(15(26-2)7-12(14)18)22-16-10-21-24-17(23-16)20-9-11-3-5-19-6-4-11/h3-8,10H,9H2,1-2H3,(H2,20,22,23,24). The average molecular weight is 373 g/mol. The molecule has 8 nitrogen and oxygen atoms in total. The average Bonchev–Trinajstić information content (AvgIpc) is 2.68. The quantitative estimate of drug-likeness (QED) is 0.652. The number of ether oxygens (including phenoxy) is 2. The highest BCUT2D eigenvalue weighted by atomic mass is 35.5. The van der Waals surface area contributed by atoms with Crippen molar-refractivity contribution in [3.8, 4) is 11.5 Å². The number of hydrogen-bond acceptors (Lipinski definition) is 8. The lowest BCUT2D eigenvalue weighted by molar-refractivity contribution is 0.405. The summed E-state index contributed by atoms with van der Waals surface area (Å²) in [6, 6.07) is 7.22. The molecule has 0 saturated heterocycles. The molecule has 0 radical (unpaired) electrons. The Morgan fingerprint density at radius 2 is 1.85 bits per heavy atom. The van der Waals surface area contributed by atoms with E-state index in [1.807, 2.05) is 12.1 Å². The Kier molecular flexibility index (Phi) is 5.65. The molecule has 2 N–H and O–H groups in total. The summed E-state index contributed by atoms with van der Waals surface area (Å²) >= 11 is 6.12. The van der Waals surface area contributed by atoms with Crippen molar-refractivity contribution in [1.29, 1.82) is 0 Å². The molecule has 2 heterocycles. The lowest BCUT2D eigenvalue weighted by Gasteiger charge is -2.13. The number of nitrogens with zero attached hydrogens (tertiary/aromatic N) is 4. The van der Waals surface area contributed by atoms with E-state index in [1.54, 1.807) is 38.7 Å². The van der Waals surface area contributed by atoms with Gasteiger partial charge in [-0.05, 0) is 17.7 Å². The van der Waals surface area contributed by atoms with Gasteiger partial charge in [-0.25, -0.2) is 0 Å². The van der Waals surface area contributed by atoms with Gasteiger partial charge in [0, 0.05) is 31.1 Å². The van der Waals surface area contributed by atoms with E-state index < -0.39 is 0 Å². The summed E-state index contributed by atoms with van der Waals surface area (Å²) in [5.41, 5.74) is 1.71. The minimum Gasteiger partial charge on any atom is -0.495 e. The minimum absolute atomic E-state index is 0.395. The SMILES string of the molecule is COc1cc(Nc2cnnc(NCc3ccncc3)n2)c(OC)cc1Cl. The Morgan fingerprint density at radius 1 is 1.08 bits per heavy atom. The number of nitrogens with one attached hydrogen (secondary N) is 2. The Bertz CT molecular complexity index is 878. The van der Waals surface area contributed by atoms with Crippen LogP contribution in [-0.4, -0.2) is 34.4 Å². The summed E-state index contributed by atoms with van der Waals surface area (Å²) in [5.74, 6) is 1.97. The Labute approximate surface area is 155 Å². The summed E-state index contributed by atoms with van der Waals surface area (Å²) in [5, 5.41) is 14.7. The third-order valence-electron chi connectivity index (χ3n) is 3.50. The van der Waals surface area contributed by atoms with E-state index in [0.717, 1.165) is 5.56 Å². The highest BCUT2D eigenvalue weighted by Gasteiger charge is 2.11. The van der Waals surface area contributed by atoms with Crippen molar-refractivity contribution in [2.45, 2.75) is 6.54 Å². The number of aromatic nitrogens is 4. The number of hydrogen-bond donors (Lipinski definition) is 2. The lowest BCUT2D eigenvalue weighted by atomic mass is 10.2. The predicted molar refractivity (Wildman–Crippen MR) is 99.2 cm³/mol. The molecule has 0 atom stereocenters. The van der Waals surface area contributed by atoms with E-state index in [2.05, 4.69) is 30.8 Å². The van der Waals surface area contributed by atoms with Gasteiger partial charge in [0.15, 0.2) is 5.82 Å². The molecule has 0 fully saturated rings. The number of benzene rings is 1. The van der Waals surface area contributed by atoms with Crippen LogP contribution in [0, 0.1) is 0 Å². The first-order chi connectivity index (χ1) is 12.7. The molecule has 3 aromatic rings. The molecule has 0 spiro atoms. The zero-order valence-electron chi connectivity index (χ0n) is 14.2. The smallest absolute Gasteiger partial charge is 0.244 e. The second-order valence-electron chi connectivity index (χ2n) is 5.19. The summed E-state index contributed by atoms with van der Waals surface area (Å²) in [6.07, 6.45) is 4.97. The zero-order chi connectivity index (χ0) is 18.4. The minimum atomic E-state index is 0.395. The van der Waals surface area contributed by atoms with Crippen LogP contribution in [0.15, 0.2) is 42.9 Å². The third-order valence-corrected chi connectivity index (χ3v) is 3.79. The topological polar surface area (TPSA) is 94.1 Å². The van der Waals surface area contributed by atoms with Crippen molar-refractivity contribution in [3.05, 3.63) is 53.4 Å². The number of halogens is 1. The maximum Gasteiger partial charge on any atom is 0.244 e. The highest BCUT2D eigenvalue weighted by molar-refractivity contribution is 6.32. The first kappa shape index (κ1) is 17.7. The highest BCUT2D eigenvalue weighted by Crippen LogP contribution is 2.37. The first-order valence-electron chi connectivity index (χ1n) is 7.70. The van der Waals surface area contributed by atoms with Gasteiger partial charge < -0.3 is 20.1 Å². The van der Waals surface area contributed by atoms with Gasteiger partial charge in [-0.15, -0.1) is 5.10 Å². The molecule has 0 unspecified atom stereocenters. The molecule has 0 bridgehead atoms. The van der Waals surface area contributed by atoms with E-state index in [1.165, 1.54) is 6.20 Å². The molecule has 1 aromatic carbocycles. The number of pyridine rings is 1. The Balaban J connectivity index is 1.76. The monoisotopic (exact) mass is 372 g/mol.